The summed E-state index contributed by atoms with van der Waals surface area (Å²) >= 11 is 0. The third kappa shape index (κ3) is 2.44. The van der Waals surface area contributed by atoms with Crippen molar-refractivity contribution in [2.45, 2.75) is 57.6 Å². The molecule has 1 aliphatic heterocycles. The second-order valence-corrected chi connectivity index (χ2v) is 6.30. The van der Waals surface area contributed by atoms with Crippen molar-refractivity contribution in [3.8, 4) is 0 Å². The molecule has 3 heteroatoms. The molecule has 1 aromatic rings. The zero-order valence-electron chi connectivity index (χ0n) is 12.2. The van der Waals surface area contributed by atoms with Gasteiger partial charge in [0, 0.05) is 23.8 Å². The van der Waals surface area contributed by atoms with Gasteiger partial charge >= 0.3 is 0 Å². The Morgan fingerprint density at radius 2 is 1.95 bits per heavy atom. The van der Waals surface area contributed by atoms with E-state index in [-0.39, 0.29) is 5.82 Å². The van der Waals surface area contributed by atoms with E-state index in [9.17, 15) is 9.50 Å². The van der Waals surface area contributed by atoms with Gasteiger partial charge in [-0.3, -0.25) is 0 Å². The van der Waals surface area contributed by atoms with Gasteiger partial charge in [0.15, 0.2) is 0 Å². The Morgan fingerprint density at radius 1 is 1.20 bits per heavy atom. The van der Waals surface area contributed by atoms with Crippen LogP contribution in [0.25, 0.3) is 0 Å². The molecule has 1 N–H and O–H groups in total. The number of benzene rings is 1. The van der Waals surface area contributed by atoms with E-state index in [1.807, 2.05) is 6.07 Å². The van der Waals surface area contributed by atoms with Crippen molar-refractivity contribution in [2.24, 2.45) is 5.92 Å². The number of anilines is 1. The van der Waals surface area contributed by atoms with Gasteiger partial charge in [0.1, 0.15) is 5.82 Å². The van der Waals surface area contributed by atoms with Crippen LogP contribution in [0.3, 0.4) is 0 Å². The molecule has 1 unspecified atom stereocenters. The van der Waals surface area contributed by atoms with Gasteiger partial charge in [-0.25, -0.2) is 4.39 Å². The smallest absolute Gasteiger partial charge is 0.131 e. The van der Waals surface area contributed by atoms with Crippen LogP contribution >= 0.6 is 0 Å². The molecule has 0 radical (unpaired) electrons. The van der Waals surface area contributed by atoms with Crippen LogP contribution in [0.5, 0.6) is 0 Å². The lowest BCUT2D eigenvalue weighted by atomic mass is 9.95. The molecule has 2 nitrogen and oxygen atoms in total. The van der Waals surface area contributed by atoms with Gasteiger partial charge in [0.05, 0.1) is 6.10 Å². The van der Waals surface area contributed by atoms with E-state index < -0.39 is 6.10 Å². The molecule has 20 heavy (non-hydrogen) atoms. The van der Waals surface area contributed by atoms with Crippen molar-refractivity contribution in [1.82, 2.24) is 0 Å². The lowest BCUT2D eigenvalue weighted by Crippen LogP contribution is -2.35. The molecule has 1 saturated carbocycles. The maximum atomic E-state index is 14.1. The van der Waals surface area contributed by atoms with Crippen molar-refractivity contribution in [3.05, 3.63) is 29.6 Å². The number of hydrogen-bond donors (Lipinski definition) is 1. The Bertz CT molecular complexity index is 468. The molecule has 1 heterocycles. The van der Waals surface area contributed by atoms with Crippen LogP contribution in [-0.4, -0.2) is 17.7 Å². The summed E-state index contributed by atoms with van der Waals surface area (Å²) in [7, 11) is 0. The average Bonchev–Trinajstić information content (AvgIpc) is 3.08. The number of nitrogens with zero attached hydrogens (tertiary/aromatic N) is 1. The van der Waals surface area contributed by atoms with Crippen LogP contribution in [0.4, 0.5) is 10.1 Å². The number of halogens is 1. The predicted molar refractivity (Wildman–Crippen MR) is 79.4 cm³/mol. The van der Waals surface area contributed by atoms with Gasteiger partial charge in [-0.1, -0.05) is 18.9 Å². The number of rotatable bonds is 3. The van der Waals surface area contributed by atoms with E-state index in [4.69, 9.17) is 0 Å². The molecule has 2 atom stereocenters. The molecule has 1 aromatic carbocycles. The van der Waals surface area contributed by atoms with Crippen LogP contribution in [0.15, 0.2) is 18.2 Å². The molecule has 2 fully saturated rings. The Hall–Kier alpha value is -1.09. The highest BCUT2D eigenvalue weighted by atomic mass is 19.1. The van der Waals surface area contributed by atoms with Crippen LogP contribution in [0.2, 0.25) is 0 Å². The average molecular weight is 277 g/mol. The van der Waals surface area contributed by atoms with Gasteiger partial charge in [0.25, 0.3) is 0 Å². The van der Waals surface area contributed by atoms with Gasteiger partial charge in [-0.2, -0.15) is 0 Å². The van der Waals surface area contributed by atoms with Crippen LogP contribution in [0, 0.1) is 11.7 Å². The number of aliphatic hydroxyl groups excluding tert-OH is 1. The largest absolute Gasteiger partial charge is 0.389 e. The van der Waals surface area contributed by atoms with E-state index in [0.29, 0.717) is 11.6 Å². The van der Waals surface area contributed by atoms with Crippen molar-refractivity contribution in [3.63, 3.8) is 0 Å². The fourth-order valence-corrected chi connectivity index (χ4v) is 4.11. The van der Waals surface area contributed by atoms with E-state index >= 15 is 0 Å². The number of aliphatic hydroxyl groups is 1. The fraction of sp³-hybridized carbons (Fsp3) is 0.647. The molecule has 0 spiro atoms. The lowest BCUT2D eigenvalue weighted by molar-refractivity contribution is 0.194. The van der Waals surface area contributed by atoms with Crippen molar-refractivity contribution < 1.29 is 9.50 Å². The van der Waals surface area contributed by atoms with Gasteiger partial charge in [0.2, 0.25) is 0 Å². The summed E-state index contributed by atoms with van der Waals surface area (Å²) in [6, 6.07) is 5.72. The van der Waals surface area contributed by atoms with E-state index in [1.54, 1.807) is 13.0 Å². The molecular formula is C17H24FNO. The minimum Gasteiger partial charge on any atom is -0.389 e. The molecule has 0 aromatic heterocycles. The highest BCUT2D eigenvalue weighted by Crippen LogP contribution is 2.40. The third-order valence-electron chi connectivity index (χ3n) is 5.00. The Labute approximate surface area is 120 Å². The first-order valence-electron chi connectivity index (χ1n) is 7.91. The number of hydrogen-bond acceptors (Lipinski definition) is 2. The van der Waals surface area contributed by atoms with Crippen LogP contribution in [0.1, 0.15) is 57.1 Å². The molecule has 110 valence electrons. The lowest BCUT2D eigenvalue weighted by Gasteiger charge is -2.33. The summed E-state index contributed by atoms with van der Waals surface area (Å²) < 4.78 is 14.1. The zero-order chi connectivity index (χ0) is 14.1. The normalized spacial score (nSPS) is 25.4. The van der Waals surface area contributed by atoms with E-state index in [1.165, 1.54) is 44.6 Å². The van der Waals surface area contributed by atoms with Gasteiger partial charge in [-0.05, 0) is 50.7 Å². The van der Waals surface area contributed by atoms with Gasteiger partial charge in [-0.15, -0.1) is 0 Å². The Balaban J connectivity index is 1.93. The van der Waals surface area contributed by atoms with Crippen molar-refractivity contribution in [2.75, 3.05) is 11.4 Å². The summed E-state index contributed by atoms with van der Waals surface area (Å²) in [4.78, 5) is 2.36. The second-order valence-electron chi connectivity index (χ2n) is 6.30. The molecule has 3 rings (SSSR count). The minimum atomic E-state index is -0.754. The van der Waals surface area contributed by atoms with E-state index in [0.717, 1.165) is 18.2 Å². The first kappa shape index (κ1) is 13.9. The molecule has 1 saturated heterocycles. The fourth-order valence-electron chi connectivity index (χ4n) is 4.11. The van der Waals surface area contributed by atoms with E-state index in [2.05, 4.69) is 4.90 Å². The molecular weight excluding hydrogens is 253 g/mol. The maximum Gasteiger partial charge on any atom is 0.131 e. The Morgan fingerprint density at radius 3 is 2.65 bits per heavy atom. The standard InChI is InChI=1S/C17H24FNO/c1-12(20)17-14(18)8-4-9-16(17)19-11-5-10-15(19)13-6-2-3-7-13/h4,8-9,12-13,15,20H,2-3,5-7,10-11H2,1H3/t12-,15?/m1/s1. The quantitative estimate of drug-likeness (QED) is 0.901. The van der Waals surface area contributed by atoms with Crippen molar-refractivity contribution >= 4 is 5.69 Å². The summed E-state index contributed by atoms with van der Waals surface area (Å²) in [6.45, 7) is 2.65. The third-order valence-corrected chi connectivity index (χ3v) is 5.00. The summed E-state index contributed by atoms with van der Waals surface area (Å²) in [5, 5.41) is 9.93. The first-order chi connectivity index (χ1) is 9.68. The monoisotopic (exact) mass is 277 g/mol. The topological polar surface area (TPSA) is 23.5 Å². The Kier molecular flexibility index (Phi) is 3.97. The molecule has 0 bridgehead atoms. The summed E-state index contributed by atoms with van der Waals surface area (Å²) in [5.74, 6) is 0.470. The zero-order valence-corrected chi connectivity index (χ0v) is 12.2. The van der Waals surface area contributed by atoms with Gasteiger partial charge < -0.3 is 10.0 Å². The van der Waals surface area contributed by atoms with Crippen LogP contribution < -0.4 is 4.90 Å². The van der Waals surface area contributed by atoms with Crippen molar-refractivity contribution in [1.29, 1.82) is 0 Å². The second kappa shape index (κ2) is 5.72. The molecule has 0 amide bonds. The van der Waals surface area contributed by atoms with Crippen LogP contribution in [-0.2, 0) is 0 Å². The highest BCUT2D eigenvalue weighted by Gasteiger charge is 2.35. The molecule has 1 aliphatic carbocycles. The maximum absolute atomic E-state index is 14.1. The summed E-state index contributed by atoms with van der Waals surface area (Å²) in [5.41, 5.74) is 1.38. The summed E-state index contributed by atoms with van der Waals surface area (Å²) in [6.07, 6.45) is 6.91. The SMILES string of the molecule is C[C@@H](O)c1c(F)cccc1N1CCCC1C1CCCC1. The minimum absolute atomic E-state index is 0.283. The highest BCUT2D eigenvalue weighted by molar-refractivity contribution is 5.56. The predicted octanol–water partition coefficient (Wildman–Crippen LogP) is 4.04. The molecule has 2 aliphatic rings. The first-order valence-corrected chi connectivity index (χ1v) is 7.91.